The van der Waals surface area contributed by atoms with Gasteiger partial charge in [-0.2, -0.15) is 5.10 Å². The van der Waals surface area contributed by atoms with Crippen LogP contribution in [0.4, 0.5) is 5.69 Å². The largest absolute Gasteiger partial charge is 0.398 e. The Morgan fingerprint density at radius 2 is 2.11 bits per heavy atom. The van der Waals surface area contributed by atoms with Crippen molar-refractivity contribution in [2.24, 2.45) is 0 Å². The Morgan fingerprint density at radius 1 is 1.39 bits per heavy atom. The van der Waals surface area contributed by atoms with E-state index in [0.717, 1.165) is 0 Å². The highest BCUT2D eigenvalue weighted by molar-refractivity contribution is 6.35. The van der Waals surface area contributed by atoms with Gasteiger partial charge in [0.1, 0.15) is 5.69 Å². The van der Waals surface area contributed by atoms with E-state index in [2.05, 4.69) is 5.10 Å². The van der Waals surface area contributed by atoms with Crippen molar-refractivity contribution in [1.29, 1.82) is 0 Å². The molecule has 4 nitrogen and oxygen atoms in total. The van der Waals surface area contributed by atoms with Crippen molar-refractivity contribution in [1.82, 2.24) is 9.78 Å². The van der Waals surface area contributed by atoms with Gasteiger partial charge in [0.05, 0.1) is 21.9 Å². The average Bonchev–Trinajstić information content (AvgIpc) is 2.73. The molecule has 0 fully saturated rings. The number of benzene rings is 1. The summed E-state index contributed by atoms with van der Waals surface area (Å²) < 4.78 is 1.55. The van der Waals surface area contributed by atoms with Gasteiger partial charge in [-0.25, -0.2) is 0 Å². The second-order valence-corrected chi connectivity index (χ2v) is 4.54. The van der Waals surface area contributed by atoms with Crippen LogP contribution in [0.5, 0.6) is 0 Å². The van der Waals surface area contributed by atoms with E-state index >= 15 is 0 Å². The minimum atomic E-state index is -0.221. The van der Waals surface area contributed by atoms with Crippen molar-refractivity contribution in [3.05, 3.63) is 45.7 Å². The predicted octanol–water partition coefficient (Wildman–Crippen LogP) is 3.02. The van der Waals surface area contributed by atoms with Gasteiger partial charge in [-0.15, -0.1) is 0 Å². The summed E-state index contributed by atoms with van der Waals surface area (Å²) in [6.45, 7) is 2.45. The number of nitrogen functional groups attached to an aromatic ring is 1. The number of halogens is 2. The normalized spacial score (nSPS) is 10.6. The molecule has 2 N–H and O–H groups in total. The van der Waals surface area contributed by atoms with Crippen molar-refractivity contribution in [3.8, 4) is 0 Å². The molecule has 0 aliphatic heterocycles. The van der Waals surface area contributed by atoms with Crippen LogP contribution in [0.1, 0.15) is 23.0 Å². The van der Waals surface area contributed by atoms with Gasteiger partial charge in [-0.3, -0.25) is 9.48 Å². The molecule has 1 aromatic carbocycles. The molecule has 2 rings (SSSR count). The third-order valence-electron chi connectivity index (χ3n) is 2.57. The lowest BCUT2D eigenvalue weighted by Crippen LogP contribution is -2.11. The van der Waals surface area contributed by atoms with Gasteiger partial charge in [0, 0.05) is 12.1 Å². The molecule has 1 aromatic heterocycles. The van der Waals surface area contributed by atoms with Gasteiger partial charge in [0.15, 0.2) is 0 Å². The molecule has 0 aliphatic carbocycles. The third-order valence-corrected chi connectivity index (χ3v) is 3.18. The molecule has 0 radical (unpaired) electrons. The number of hydrogen-bond acceptors (Lipinski definition) is 3. The first-order chi connectivity index (χ1) is 8.54. The maximum Gasteiger partial charge on any atom is 0.212 e. The van der Waals surface area contributed by atoms with E-state index in [4.69, 9.17) is 28.9 Å². The van der Waals surface area contributed by atoms with Crippen LogP contribution in [0.15, 0.2) is 24.4 Å². The highest BCUT2D eigenvalue weighted by Gasteiger charge is 2.19. The Balaban J connectivity index is 2.47. The Kier molecular flexibility index (Phi) is 3.59. The van der Waals surface area contributed by atoms with Gasteiger partial charge >= 0.3 is 0 Å². The Bertz CT molecular complexity index is 607. The number of aromatic nitrogens is 2. The van der Waals surface area contributed by atoms with E-state index in [0.29, 0.717) is 33.5 Å². The predicted molar refractivity (Wildman–Crippen MR) is 72.2 cm³/mol. The van der Waals surface area contributed by atoms with Crippen LogP contribution in [-0.4, -0.2) is 15.6 Å². The van der Waals surface area contributed by atoms with Gasteiger partial charge in [0.25, 0.3) is 0 Å². The van der Waals surface area contributed by atoms with Crippen molar-refractivity contribution >= 4 is 34.7 Å². The first-order valence-corrected chi connectivity index (χ1v) is 6.11. The van der Waals surface area contributed by atoms with E-state index < -0.39 is 0 Å². The lowest BCUT2D eigenvalue weighted by Gasteiger charge is -2.06. The monoisotopic (exact) mass is 283 g/mol. The van der Waals surface area contributed by atoms with Crippen LogP contribution in [0, 0.1) is 0 Å². The second-order valence-electron chi connectivity index (χ2n) is 3.72. The molecular weight excluding hydrogens is 273 g/mol. The molecule has 6 heteroatoms. The molecule has 0 spiro atoms. The number of anilines is 1. The molecule has 0 unspecified atom stereocenters. The first-order valence-electron chi connectivity index (χ1n) is 5.35. The lowest BCUT2D eigenvalue weighted by atomic mass is 10.1. The van der Waals surface area contributed by atoms with E-state index in [-0.39, 0.29) is 5.78 Å². The number of hydrogen-bond donors (Lipinski definition) is 1. The third kappa shape index (κ3) is 2.21. The Labute approximate surface area is 114 Å². The van der Waals surface area contributed by atoms with Crippen molar-refractivity contribution < 1.29 is 4.79 Å². The summed E-state index contributed by atoms with van der Waals surface area (Å²) in [5.74, 6) is -0.221. The maximum atomic E-state index is 12.3. The molecule has 0 saturated heterocycles. The fourth-order valence-electron chi connectivity index (χ4n) is 1.63. The second kappa shape index (κ2) is 5.00. The summed E-state index contributed by atoms with van der Waals surface area (Å²) in [6.07, 6.45) is 1.46. The molecule has 1 heterocycles. The van der Waals surface area contributed by atoms with Gasteiger partial charge < -0.3 is 5.73 Å². The van der Waals surface area contributed by atoms with Crippen LogP contribution in [-0.2, 0) is 6.54 Å². The fraction of sp³-hybridized carbons (Fsp3) is 0.167. The molecule has 2 aromatic rings. The molecule has 0 bridgehead atoms. The molecule has 0 amide bonds. The number of nitrogens with zero attached hydrogens (tertiary/aromatic N) is 2. The molecule has 0 aliphatic rings. The van der Waals surface area contributed by atoms with Crippen molar-refractivity contribution in [2.75, 3.05) is 5.73 Å². The first kappa shape index (κ1) is 12.9. The minimum absolute atomic E-state index is 0.221. The zero-order valence-corrected chi connectivity index (χ0v) is 11.2. The number of rotatable bonds is 3. The summed E-state index contributed by atoms with van der Waals surface area (Å²) in [5.41, 5.74) is 6.84. The Hall–Kier alpha value is -1.52. The SMILES string of the molecule is CCn1ncc(Cl)c1C(=O)c1ccc(N)c(Cl)c1. The fourth-order valence-corrected chi connectivity index (χ4v) is 2.04. The Morgan fingerprint density at radius 3 is 2.72 bits per heavy atom. The van der Waals surface area contributed by atoms with E-state index in [1.54, 1.807) is 16.8 Å². The molecular formula is C12H11Cl2N3O. The number of nitrogens with two attached hydrogens (primary N) is 1. The molecule has 18 heavy (non-hydrogen) atoms. The molecule has 0 saturated carbocycles. The summed E-state index contributed by atoms with van der Waals surface area (Å²) >= 11 is 11.9. The number of ketones is 1. The van der Waals surface area contributed by atoms with Gasteiger partial charge in [-0.1, -0.05) is 23.2 Å². The van der Waals surface area contributed by atoms with E-state index in [1.807, 2.05) is 6.92 Å². The molecule has 0 atom stereocenters. The smallest absolute Gasteiger partial charge is 0.212 e. The van der Waals surface area contributed by atoms with Gasteiger partial charge in [-0.05, 0) is 25.1 Å². The van der Waals surface area contributed by atoms with Gasteiger partial charge in [0.2, 0.25) is 5.78 Å². The zero-order valence-electron chi connectivity index (χ0n) is 9.65. The number of aryl methyl sites for hydroxylation is 1. The van der Waals surface area contributed by atoms with Crippen LogP contribution < -0.4 is 5.73 Å². The summed E-state index contributed by atoms with van der Waals surface area (Å²) in [7, 11) is 0. The topological polar surface area (TPSA) is 60.9 Å². The zero-order chi connectivity index (χ0) is 13.3. The molecule has 94 valence electrons. The van der Waals surface area contributed by atoms with Crippen molar-refractivity contribution in [2.45, 2.75) is 13.5 Å². The van der Waals surface area contributed by atoms with Crippen LogP contribution in [0.3, 0.4) is 0 Å². The lowest BCUT2D eigenvalue weighted by molar-refractivity contribution is 0.102. The van der Waals surface area contributed by atoms with Crippen LogP contribution in [0.25, 0.3) is 0 Å². The minimum Gasteiger partial charge on any atom is -0.398 e. The summed E-state index contributed by atoms with van der Waals surface area (Å²) in [4.78, 5) is 12.3. The van der Waals surface area contributed by atoms with E-state index in [9.17, 15) is 4.79 Å². The van der Waals surface area contributed by atoms with E-state index in [1.165, 1.54) is 12.3 Å². The number of carbonyl (C=O) groups is 1. The highest BCUT2D eigenvalue weighted by atomic mass is 35.5. The standard InChI is InChI=1S/C12H11Cl2N3O/c1-2-17-11(9(14)6-16-17)12(18)7-3-4-10(15)8(13)5-7/h3-6H,2,15H2,1H3. The van der Waals surface area contributed by atoms with Crippen molar-refractivity contribution in [3.63, 3.8) is 0 Å². The summed E-state index contributed by atoms with van der Waals surface area (Å²) in [6, 6.07) is 4.74. The van der Waals surface area contributed by atoms with Crippen LogP contribution >= 0.6 is 23.2 Å². The van der Waals surface area contributed by atoms with Crippen LogP contribution in [0.2, 0.25) is 10.0 Å². The highest BCUT2D eigenvalue weighted by Crippen LogP contribution is 2.24. The quantitative estimate of drug-likeness (QED) is 0.696. The number of carbonyl (C=O) groups excluding carboxylic acids is 1. The maximum absolute atomic E-state index is 12.3. The average molecular weight is 284 g/mol. The summed E-state index contributed by atoms with van der Waals surface area (Å²) in [5, 5.41) is 4.70.